The van der Waals surface area contributed by atoms with Gasteiger partial charge in [-0.25, -0.2) is 4.98 Å². The Bertz CT molecular complexity index is 1100. The van der Waals surface area contributed by atoms with E-state index in [0.717, 1.165) is 5.69 Å². The molecule has 1 amide bonds. The minimum absolute atomic E-state index is 0.116. The average molecular weight is 421 g/mol. The first kappa shape index (κ1) is 19.1. The molecular weight excluding hydrogens is 406 g/mol. The SMILES string of the molecule is CCn1nc(C)cc1C(=O)Nc1ccc(-c2cc3c(cc2Cl)OC(F)(F)O3)cn1. The molecule has 1 aromatic carbocycles. The van der Waals surface area contributed by atoms with E-state index in [1.807, 2.05) is 6.92 Å². The van der Waals surface area contributed by atoms with Crippen LogP contribution in [0.5, 0.6) is 11.5 Å². The lowest BCUT2D eigenvalue weighted by Gasteiger charge is -2.08. The third kappa shape index (κ3) is 3.73. The van der Waals surface area contributed by atoms with Crippen LogP contribution in [0, 0.1) is 6.92 Å². The van der Waals surface area contributed by atoms with Crippen molar-refractivity contribution in [1.82, 2.24) is 14.8 Å². The molecule has 0 spiro atoms. The average Bonchev–Trinajstić information content (AvgIpc) is 3.19. The number of ether oxygens (including phenoxy) is 2. The number of aryl methyl sites for hydroxylation is 2. The predicted molar refractivity (Wildman–Crippen MR) is 101 cm³/mol. The molecule has 1 aliphatic heterocycles. The second-order valence-electron chi connectivity index (χ2n) is 6.32. The van der Waals surface area contributed by atoms with E-state index < -0.39 is 6.29 Å². The molecule has 0 unspecified atom stereocenters. The fourth-order valence-electron chi connectivity index (χ4n) is 2.97. The number of amides is 1. The van der Waals surface area contributed by atoms with Crippen LogP contribution in [0.1, 0.15) is 23.1 Å². The minimum Gasteiger partial charge on any atom is -0.395 e. The number of halogens is 3. The highest BCUT2D eigenvalue weighted by Crippen LogP contribution is 2.45. The number of benzene rings is 1. The molecule has 0 atom stereocenters. The van der Waals surface area contributed by atoms with Crippen molar-refractivity contribution >= 4 is 23.3 Å². The Morgan fingerprint density at radius 3 is 2.62 bits per heavy atom. The molecule has 0 saturated carbocycles. The number of nitrogens with one attached hydrogen (secondary N) is 1. The molecule has 1 aliphatic rings. The van der Waals surface area contributed by atoms with E-state index in [2.05, 4.69) is 24.9 Å². The van der Waals surface area contributed by atoms with Crippen molar-refractivity contribution in [3.8, 4) is 22.6 Å². The molecule has 0 radical (unpaired) electrons. The zero-order chi connectivity index (χ0) is 20.8. The van der Waals surface area contributed by atoms with Crippen LogP contribution in [-0.4, -0.2) is 27.0 Å². The number of carbonyl (C=O) groups is 1. The van der Waals surface area contributed by atoms with Crippen molar-refractivity contribution in [2.75, 3.05) is 5.32 Å². The summed E-state index contributed by atoms with van der Waals surface area (Å²) in [6.07, 6.45) is -2.25. The van der Waals surface area contributed by atoms with Crippen molar-refractivity contribution in [3.05, 3.63) is 52.9 Å². The molecule has 0 bridgehead atoms. The summed E-state index contributed by atoms with van der Waals surface area (Å²) in [6, 6.07) is 7.55. The number of fused-ring (bicyclic) bond motifs is 1. The number of pyridine rings is 1. The molecule has 10 heteroatoms. The number of hydrogen-bond donors (Lipinski definition) is 1. The molecule has 4 rings (SSSR count). The summed E-state index contributed by atoms with van der Waals surface area (Å²) in [5.74, 6) is -0.266. The van der Waals surface area contributed by atoms with Crippen LogP contribution in [0.25, 0.3) is 11.1 Å². The highest BCUT2D eigenvalue weighted by atomic mass is 35.5. The molecule has 3 aromatic rings. The van der Waals surface area contributed by atoms with E-state index in [1.54, 1.807) is 29.8 Å². The van der Waals surface area contributed by atoms with Crippen LogP contribution in [0.15, 0.2) is 36.5 Å². The van der Waals surface area contributed by atoms with Gasteiger partial charge in [0.2, 0.25) is 0 Å². The third-order valence-corrected chi connectivity index (χ3v) is 4.55. The quantitative estimate of drug-likeness (QED) is 0.672. The summed E-state index contributed by atoms with van der Waals surface area (Å²) in [5.41, 5.74) is 2.17. The zero-order valence-electron chi connectivity index (χ0n) is 15.4. The van der Waals surface area contributed by atoms with Gasteiger partial charge in [0, 0.05) is 29.9 Å². The third-order valence-electron chi connectivity index (χ3n) is 4.24. The Kier molecular flexibility index (Phi) is 4.62. The van der Waals surface area contributed by atoms with Crippen molar-refractivity contribution in [2.45, 2.75) is 26.7 Å². The minimum atomic E-state index is -3.72. The molecule has 0 saturated heterocycles. The van der Waals surface area contributed by atoms with Gasteiger partial charge in [-0.15, -0.1) is 8.78 Å². The molecule has 3 heterocycles. The first-order valence-electron chi connectivity index (χ1n) is 8.67. The van der Waals surface area contributed by atoms with E-state index >= 15 is 0 Å². The fourth-order valence-corrected chi connectivity index (χ4v) is 3.23. The Labute approximate surface area is 169 Å². The summed E-state index contributed by atoms with van der Waals surface area (Å²) in [5, 5.41) is 7.14. The zero-order valence-corrected chi connectivity index (χ0v) is 16.1. The number of rotatable bonds is 4. The van der Waals surface area contributed by atoms with Gasteiger partial charge in [-0.1, -0.05) is 11.6 Å². The van der Waals surface area contributed by atoms with Crippen LogP contribution in [0.2, 0.25) is 5.02 Å². The summed E-state index contributed by atoms with van der Waals surface area (Å²) in [6.45, 7) is 4.26. The second kappa shape index (κ2) is 7.00. The maximum atomic E-state index is 13.2. The molecule has 1 N–H and O–H groups in total. The van der Waals surface area contributed by atoms with Gasteiger partial charge in [0.15, 0.2) is 11.5 Å². The summed E-state index contributed by atoms with van der Waals surface area (Å²) < 4.78 is 36.9. The Balaban J connectivity index is 1.55. The van der Waals surface area contributed by atoms with E-state index in [1.165, 1.54) is 18.3 Å². The van der Waals surface area contributed by atoms with Gasteiger partial charge in [-0.2, -0.15) is 5.10 Å². The van der Waals surface area contributed by atoms with Crippen LogP contribution >= 0.6 is 11.6 Å². The molecule has 0 aliphatic carbocycles. The summed E-state index contributed by atoms with van der Waals surface area (Å²) >= 11 is 6.19. The van der Waals surface area contributed by atoms with Crippen LogP contribution in [-0.2, 0) is 6.54 Å². The van der Waals surface area contributed by atoms with Gasteiger partial charge in [-0.05, 0) is 38.1 Å². The lowest BCUT2D eigenvalue weighted by atomic mass is 10.1. The molecule has 29 heavy (non-hydrogen) atoms. The Morgan fingerprint density at radius 2 is 1.97 bits per heavy atom. The van der Waals surface area contributed by atoms with Crippen LogP contribution in [0.3, 0.4) is 0 Å². The van der Waals surface area contributed by atoms with E-state index in [9.17, 15) is 13.6 Å². The molecule has 2 aromatic heterocycles. The van der Waals surface area contributed by atoms with Gasteiger partial charge in [0.25, 0.3) is 5.91 Å². The molecule has 7 nitrogen and oxygen atoms in total. The molecule has 150 valence electrons. The second-order valence-corrected chi connectivity index (χ2v) is 6.73. The number of anilines is 1. The number of hydrogen-bond acceptors (Lipinski definition) is 5. The number of carbonyl (C=O) groups excluding carboxylic acids is 1. The van der Waals surface area contributed by atoms with Crippen molar-refractivity contribution < 1.29 is 23.0 Å². The number of alkyl halides is 2. The highest BCUT2D eigenvalue weighted by molar-refractivity contribution is 6.33. The summed E-state index contributed by atoms with van der Waals surface area (Å²) in [4.78, 5) is 16.7. The summed E-state index contributed by atoms with van der Waals surface area (Å²) in [7, 11) is 0. The standard InChI is InChI=1S/C19H15ClF2N4O3/c1-3-26-14(6-10(2)25-26)18(27)24-17-5-4-11(9-23-17)12-7-15-16(8-13(12)20)29-19(21,22)28-15/h4-9H,3H2,1-2H3,(H,23,24,27). The first-order valence-corrected chi connectivity index (χ1v) is 9.05. The van der Waals surface area contributed by atoms with Crippen molar-refractivity contribution in [3.63, 3.8) is 0 Å². The molecular formula is C19H15ClF2N4O3. The number of aromatic nitrogens is 3. The fraction of sp³-hybridized carbons (Fsp3) is 0.211. The largest absolute Gasteiger partial charge is 0.586 e. The Morgan fingerprint density at radius 1 is 1.24 bits per heavy atom. The normalized spacial score (nSPS) is 14.1. The lowest BCUT2D eigenvalue weighted by Crippen LogP contribution is -2.25. The van der Waals surface area contributed by atoms with Gasteiger partial charge in [0.1, 0.15) is 11.5 Å². The van der Waals surface area contributed by atoms with E-state index in [-0.39, 0.29) is 22.4 Å². The van der Waals surface area contributed by atoms with Gasteiger partial charge in [-0.3, -0.25) is 9.48 Å². The predicted octanol–water partition coefficient (Wildman–Crippen LogP) is 4.50. The maximum absolute atomic E-state index is 13.2. The van der Waals surface area contributed by atoms with E-state index in [4.69, 9.17) is 11.6 Å². The highest BCUT2D eigenvalue weighted by Gasteiger charge is 2.43. The first-order chi connectivity index (χ1) is 13.8. The van der Waals surface area contributed by atoms with Gasteiger partial charge in [0.05, 0.1) is 10.7 Å². The van der Waals surface area contributed by atoms with Crippen molar-refractivity contribution in [1.29, 1.82) is 0 Å². The topological polar surface area (TPSA) is 78.3 Å². The van der Waals surface area contributed by atoms with Crippen LogP contribution < -0.4 is 14.8 Å². The molecule has 0 fully saturated rings. The maximum Gasteiger partial charge on any atom is 0.586 e. The monoisotopic (exact) mass is 420 g/mol. The number of nitrogens with zero attached hydrogens (tertiary/aromatic N) is 3. The van der Waals surface area contributed by atoms with E-state index in [0.29, 0.717) is 29.2 Å². The van der Waals surface area contributed by atoms with Crippen LogP contribution in [0.4, 0.5) is 14.6 Å². The van der Waals surface area contributed by atoms with Crippen molar-refractivity contribution in [2.24, 2.45) is 0 Å². The smallest absolute Gasteiger partial charge is 0.395 e. The van der Waals surface area contributed by atoms with Gasteiger partial charge >= 0.3 is 6.29 Å². The van der Waals surface area contributed by atoms with Gasteiger partial charge < -0.3 is 14.8 Å². The Hall–Kier alpha value is -3.20. The lowest BCUT2D eigenvalue weighted by molar-refractivity contribution is -0.286.